The Bertz CT molecular complexity index is 1270. The van der Waals surface area contributed by atoms with Crippen LogP contribution in [0.5, 0.6) is 0 Å². The van der Waals surface area contributed by atoms with Gasteiger partial charge in [-0.3, -0.25) is 4.90 Å². The fraction of sp³-hybridized carbons (Fsp3) is 0.267. The fourth-order valence-electron chi connectivity index (χ4n) is 5.96. The molecule has 4 heteroatoms. The summed E-state index contributed by atoms with van der Waals surface area (Å²) in [5.74, 6) is 0.0748. The van der Waals surface area contributed by atoms with Crippen molar-refractivity contribution in [2.45, 2.75) is 43.7 Å². The summed E-state index contributed by atoms with van der Waals surface area (Å²) < 4.78 is 6.01. The van der Waals surface area contributed by atoms with Crippen molar-refractivity contribution in [3.8, 4) is 17.2 Å². The molecule has 168 valence electrons. The van der Waals surface area contributed by atoms with Gasteiger partial charge in [-0.15, -0.1) is 0 Å². The summed E-state index contributed by atoms with van der Waals surface area (Å²) in [5, 5.41) is 9.08. The third-order valence-electron chi connectivity index (χ3n) is 7.57. The molecule has 3 aromatic rings. The van der Waals surface area contributed by atoms with Crippen LogP contribution in [0.25, 0.3) is 16.7 Å². The van der Waals surface area contributed by atoms with E-state index in [2.05, 4.69) is 60.7 Å². The number of hydrogen-bond acceptors (Lipinski definition) is 3. The standard InChI is InChI=1S/C30H26N2O2/c31-18-20-12-14-21(15-13-20)22-16-23-6-5-7-24(17-22)32(23)30(33)34-19-29-27-10-3-1-8-25(27)26-9-2-4-11-28(26)29/h1-4,8-16,23-24,29H,5-7,17,19H2. The number of carbonyl (C=O) groups is 1. The van der Waals surface area contributed by atoms with Crippen molar-refractivity contribution in [3.05, 3.63) is 101 Å². The second-order valence-corrected chi connectivity index (χ2v) is 9.45. The van der Waals surface area contributed by atoms with E-state index in [1.807, 2.05) is 29.2 Å². The van der Waals surface area contributed by atoms with Gasteiger partial charge in [0.1, 0.15) is 6.61 Å². The molecule has 0 radical (unpaired) electrons. The summed E-state index contributed by atoms with van der Waals surface area (Å²) in [6.07, 6.45) is 5.94. The molecule has 2 heterocycles. The van der Waals surface area contributed by atoms with E-state index in [1.54, 1.807) is 0 Å². The Hall–Kier alpha value is -3.84. The van der Waals surface area contributed by atoms with Crippen molar-refractivity contribution in [2.24, 2.45) is 0 Å². The predicted molar refractivity (Wildman–Crippen MR) is 132 cm³/mol. The Kier molecular flexibility index (Phi) is 5.19. The number of benzene rings is 3. The summed E-state index contributed by atoms with van der Waals surface area (Å²) in [7, 11) is 0. The molecule has 1 amide bonds. The van der Waals surface area contributed by atoms with E-state index in [0.29, 0.717) is 12.2 Å². The molecule has 0 N–H and O–H groups in total. The molecule has 1 fully saturated rings. The average Bonchev–Trinajstić information content (AvgIpc) is 3.20. The molecular formula is C30H26N2O2. The number of nitrogens with zero attached hydrogens (tertiary/aromatic N) is 2. The number of rotatable bonds is 3. The minimum absolute atomic E-state index is 0.0637. The molecule has 4 nitrogen and oxygen atoms in total. The fourth-order valence-corrected chi connectivity index (χ4v) is 5.96. The number of fused-ring (bicyclic) bond motifs is 5. The van der Waals surface area contributed by atoms with Gasteiger partial charge >= 0.3 is 6.09 Å². The second kappa shape index (κ2) is 8.50. The summed E-state index contributed by atoms with van der Waals surface area (Å²) in [5.41, 5.74) is 8.02. The van der Waals surface area contributed by atoms with E-state index >= 15 is 0 Å². The summed E-state index contributed by atoms with van der Waals surface area (Å²) in [6.45, 7) is 0.356. The highest BCUT2D eigenvalue weighted by molar-refractivity contribution is 5.79. The van der Waals surface area contributed by atoms with Crippen molar-refractivity contribution in [3.63, 3.8) is 0 Å². The van der Waals surface area contributed by atoms with Crippen LogP contribution >= 0.6 is 0 Å². The molecular weight excluding hydrogens is 420 g/mol. The van der Waals surface area contributed by atoms with E-state index in [-0.39, 0.29) is 24.1 Å². The van der Waals surface area contributed by atoms with Gasteiger partial charge in [-0.25, -0.2) is 4.79 Å². The molecule has 1 saturated heterocycles. The quantitative estimate of drug-likeness (QED) is 0.460. The number of carbonyl (C=O) groups excluding carboxylic acids is 1. The summed E-state index contributed by atoms with van der Waals surface area (Å²) >= 11 is 0. The first-order valence-corrected chi connectivity index (χ1v) is 12.1. The van der Waals surface area contributed by atoms with Crippen LogP contribution in [-0.4, -0.2) is 29.7 Å². The van der Waals surface area contributed by atoms with Gasteiger partial charge in [0.25, 0.3) is 0 Å². The average molecular weight is 447 g/mol. The lowest BCUT2D eigenvalue weighted by molar-refractivity contribution is 0.0539. The van der Waals surface area contributed by atoms with Gasteiger partial charge in [-0.1, -0.05) is 66.7 Å². The zero-order chi connectivity index (χ0) is 23.1. The minimum atomic E-state index is -0.202. The Balaban J connectivity index is 1.21. The molecule has 2 bridgehead atoms. The lowest BCUT2D eigenvalue weighted by Crippen LogP contribution is -2.51. The molecule has 0 spiro atoms. The van der Waals surface area contributed by atoms with Gasteiger partial charge < -0.3 is 4.74 Å². The van der Waals surface area contributed by atoms with Gasteiger partial charge in [0.15, 0.2) is 0 Å². The van der Waals surface area contributed by atoms with Gasteiger partial charge in [0, 0.05) is 12.0 Å². The number of amides is 1. The SMILES string of the molecule is N#Cc1ccc(C2=CC3CCCC(C2)N3C(=O)OCC2c3ccccc3-c3ccccc32)cc1. The number of ether oxygens (including phenoxy) is 1. The van der Waals surface area contributed by atoms with Crippen LogP contribution in [0.15, 0.2) is 78.9 Å². The molecule has 1 aliphatic carbocycles. The van der Waals surface area contributed by atoms with Crippen LogP contribution in [0.4, 0.5) is 4.79 Å². The molecule has 0 saturated carbocycles. The monoisotopic (exact) mass is 446 g/mol. The normalized spacial score (nSPS) is 20.7. The maximum atomic E-state index is 13.4. The first-order valence-electron chi connectivity index (χ1n) is 12.1. The van der Waals surface area contributed by atoms with Crippen molar-refractivity contribution in [1.82, 2.24) is 4.90 Å². The first kappa shape index (κ1) is 20.7. The highest BCUT2D eigenvalue weighted by Crippen LogP contribution is 2.45. The largest absolute Gasteiger partial charge is 0.448 e. The Labute approximate surface area is 200 Å². The highest BCUT2D eigenvalue weighted by Gasteiger charge is 2.39. The van der Waals surface area contributed by atoms with Crippen molar-refractivity contribution < 1.29 is 9.53 Å². The van der Waals surface area contributed by atoms with Crippen LogP contribution in [-0.2, 0) is 4.74 Å². The first-order chi connectivity index (χ1) is 16.7. The van der Waals surface area contributed by atoms with Crippen LogP contribution in [0.3, 0.4) is 0 Å². The number of hydrogen-bond donors (Lipinski definition) is 0. The number of nitriles is 1. The lowest BCUT2D eigenvalue weighted by Gasteiger charge is -2.44. The van der Waals surface area contributed by atoms with E-state index in [4.69, 9.17) is 10.00 Å². The summed E-state index contributed by atoms with van der Waals surface area (Å²) in [6, 6.07) is 27.0. The smallest absolute Gasteiger partial charge is 0.410 e. The van der Waals surface area contributed by atoms with Gasteiger partial charge in [-0.2, -0.15) is 5.26 Å². The van der Waals surface area contributed by atoms with Crippen molar-refractivity contribution in [1.29, 1.82) is 5.26 Å². The van der Waals surface area contributed by atoms with Crippen molar-refractivity contribution >= 4 is 11.7 Å². The predicted octanol–water partition coefficient (Wildman–Crippen LogP) is 6.52. The summed E-state index contributed by atoms with van der Waals surface area (Å²) in [4.78, 5) is 15.3. The molecule has 3 aromatic carbocycles. The molecule has 34 heavy (non-hydrogen) atoms. The van der Waals surface area contributed by atoms with Crippen molar-refractivity contribution in [2.75, 3.05) is 6.61 Å². The Morgan fingerprint density at radius 1 is 0.941 bits per heavy atom. The third kappa shape index (κ3) is 3.49. The Morgan fingerprint density at radius 2 is 1.62 bits per heavy atom. The van der Waals surface area contributed by atoms with Crippen LogP contribution < -0.4 is 0 Å². The van der Waals surface area contributed by atoms with Crippen LogP contribution in [0.1, 0.15) is 53.9 Å². The zero-order valence-electron chi connectivity index (χ0n) is 19.0. The van der Waals surface area contributed by atoms with Gasteiger partial charge in [-0.05, 0) is 71.2 Å². The van der Waals surface area contributed by atoms with Gasteiger partial charge in [0.2, 0.25) is 0 Å². The maximum Gasteiger partial charge on any atom is 0.410 e. The molecule has 2 unspecified atom stereocenters. The van der Waals surface area contributed by atoms with E-state index in [0.717, 1.165) is 31.2 Å². The maximum absolute atomic E-state index is 13.4. The molecule has 6 rings (SSSR count). The van der Waals surface area contributed by atoms with Crippen LogP contribution in [0, 0.1) is 11.3 Å². The molecule has 2 aliphatic heterocycles. The zero-order valence-corrected chi connectivity index (χ0v) is 19.0. The third-order valence-corrected chi connectivity index (χ3v) is 7.57. The highest BCUT2D eigenvalue weighted by atomic mass is 16.6. The number of piperidine rings is 1. The Morgan fingerprint density at radius 3 is 2.26 bits per heavy atom. The second-order valence-electron chi connectivity index (χ2n) is 9.45. The molecule has 3 aliphatic rings. The minimum Gasteiger partial charge on any atom is -0.448 e. The molecule has 0 aromatic heterocycles. The lowest BCUT2D eigenvalue weighted by atomic mass is 9.83. The van der Waals surface area contributed by atoms with Gasteiger partial charge in [0.05, 0.1) is 17.7 Å². The van der Waals surface area contributed by atoms with E-state index in [1.165, 1.54) is 27.8 Å². The van der Waals surface area contributed by atoms with E-state index < -0.39 is 0 Å². The van der Waals surface area contributed by atoms with E-state index in [9.17, 15) is 4.79 Å². The molecule has 2 atom stereocenters. The topological polar surface area (TPSA) is 53.3 Å². The van der Waals surface area contributed by atoms with Crippen LogP contribution in [0.2, 0.25) is 0 Å².